The van der Waals surface area contributed by atoms with Crippen LogP contribution in [0.4, 0.5) is 5.95 Å². The standard InChI is InChI=1S/C8H11N3O.C2H6/c1-5-4-9-8-10(3)7(12)6(2)11(5)8;1-2/h4,6H,1-3H3;1-2H3. The van der Waals surface area contributed by atoms with Gasteiger partial charge in [0.1, 0.15) is 6.04 Å². The van der Waals surface area contributed by atoms with Crippen LogP contribution in [-0.2, 0) is 4.79 Å². The van der Waals surface area contributed by atoms with Gasteiger partial charge >= 0.3 is 0 Å². The smallest absolute Gasteiger partial charge is 0.251 e. The molecule has 78 valence electrons. The molecule has 1 amide bonds. The topological polar surface area (TPSA) is 38.1 Å². The Labute approximate surface area is 84.5 Å². The molecule has 0 radical (unpaired) electrons. The summed E-state index contributed by atoms with van der Waals surface area (Å²) >= 11 is 0. The second-order valence-electron chi connectivity index (χ2n) is 3.14. The predicted octanol–water partition coefficient (Wildman–Crippen LogP) is 1.76. The van der Waals surface area contributed by atoms with Crippen molar-refractivity contribution < 1.29 is 4.79 Å². The SMILES string of the molecule is CC.Cc1cnc2n1C(C)C(=O)N2C. The zero-order chi connectivity index (χ0) is 10.9. The Morgan fingerprint density at radius 3 is 2.50 bits per heavy atom. The van der Waals surface area contributed by atoms with Gasteiger partial charge in [-0.1, -0.05) is 13.8 Å². The molecule has 1 aliphatic rings. The Bertz CT molecular complexity index is 343. The number of fused-ring (bicyclic) bond motifs is 1. The van der Waals surface area contributed by atoms with E-state index in [0.29, 0.717) is 0 Å². The van der Waals surface area contributed by atoms with Crippen molar-refractivity contribution in [2.45, 2.75) is 33.7 Å². The lowest BCUT2D eigenvalue weighted by atomic mass is 10.3. The Morgan fingerprint density at radius 2 is 2.00 bits per heavy atom. The highest BCUT2D eigenvalue weighted by atomic mass is 16.2. The van der Waals surface area contributed by atoms with Crippen molar-refractivity contribution in [3.63, 3.8) is 0 Å². The minimum atomic E-state index is -0.0903. The average Bonchev–Trinajstić information content (AvgIpc) is 2.68. The molecule has 2 rings (SSSR count). The number of nitrogens with zero attached hydrogens (tertiary/aromatic N) is 3. The van der Waals surface area contributed by atoms with E-state index in [-0.39, 0.29) is 11.9 Å². The number of carbonyl (C=O) groups excluding carboxylic acids is 1. The van der Waals surface area contributed by atoms with Crippen LogP contribution >= 0.6 is 0 Å². The summed E-state index contributed by atoms with van der Waals surface area (Å²) in [6.45, 7) is 7.85. The molecule has 0 saturated heterocycles. The Morgan fingerprint density at radius 1 is 1.43 bits per heavy atom. The number of amides is 1. The first-order valence-electron chi connectivity index (χ1n) is 4.94. The summed E-state index contributed by atoms with van der Waals surface area (Å²) in [5.74, 6) is 0.867. The van der Waals surface area contributed by atoms with Gasteiger partial charge in [-0.05, 0) is 13.8 Å². The summed E-state index contributed by atoms with van der Waals surface area (Å²) in [5.41, 5.74) is 1.04. The molecule has 0 N–H and O–H groups in total. The Kier molecular flexibility index (Phi) is 2.93. The van der Waals surface area contributed by atoms with E-state index in [2.05, 4.69) is 4.98 Å². The van der Waals surface area contributed by atoms with Gasteiger partial charge in [-0.25, -0.2) is 4.98 Å². The molecule has 14 heavy (non-hydrogen) atoms. The molecular formula is C10H17N3O. The monoisotopic (exact) mass is 195 g/mol. The van der Waals surface area contributed by atoms with Crippen molar-refractivity contribution in [1.82, 2.24) is 9.55 Å². The third-order valence-corrected chi connectivity index (χ3v) is 2.34. The fraction of sp³-hybridized carbons (Fsp3) is 0.600. The van der Waals surface area contributed by atoms with Crippen LogP contribution in [0.15, 0.2) is 6.20 Å². The van der Waals surface area contributed by atoms with E-state index in [9.17, 15) is 4.79 Å². The van der Waals surface area contributed by atoms with Gasteiger partial charge in [0.25, 0.3) is 5.91 Å². The minimum absolute atomic E-state index is 0.0903. The van der Waals surface area contributed by atoms with E-state index in [4.69, 9.17) is 0 Å². The van der Waals surface area contributed by atoms with Crippen molar-refractivity contribution in [3.8, 4) is 0 Å². The molecule has 1 aromatic heterocycles. The van der Waals surface area contributed by atoms with Gasteiger partial charge < -0.3 is 4.57 Å². The zero-order valence-corrected chi connectivity index (χ0v) is 9.40. The van der Waals surface area contributed by atoms with Gasteiger partial charge in [-0.2, -0.15) is 0 Å². The van der Waals surface area contributed by atoms with Crippen LogP contribution in [0.2, 0.25) is 0 Å². The fourth-order valence-electron chi connectivity index (χ4n) is 1.65. The van der Waals surface area contributed by atoms with Crippen LogP contribution in [-0.4, -0.2) is 22.5 Å². The summed E-state index contributed by atoms with van der Waals surface area (Å²) in [4.78, 5) is 17.2. The quantitative estimate of drug-likeness (QED) is 0.632. The number of aryl methyl sites for hydroxylation is 1. The summed E-state index contributed by atoms with van der Waals surface area (Å²) in [6.07, 6.45) is 1.79. The van der Waals surface area contributed by atoms with Crippen LogP contribution in [0.1, 0.15) is 32.5 Å². The van der Waals surface area contributed by atoms with Crippen LogP contribution in [0, 0.1) is 6.92 Å². The molecule has 0 aliphatic carbocycles. The minimum Gasteiger partial charge on any atom is -0.302 e. The van der Waals surface area contributed by atoms with Crippen molar-refractivity contribution in [2.24, 2.45) is 0 Å². The van der Waals surface area contributed by atoms with E-state index in [0.717, 1.165) is 11.6 Å². The van der Waals surface area contributed by atoms with Gasteiger partial charge in [-0.15, -0.1) is 0 Å². The zero-order valence-electron chi connectivity index (χ0n) is 9.40. The van der Waals surface area contributed by atoms with Crippen molar-refractivity contribution in [3.05, 3.63) is 11.9 Å². The Hall–Kier alpha value is -1.32. The van der Waals surface area contributed by atoms with E-state index >= 15 is 0 Å². The molecule has 4 heteroatoms. The third kappa shape index (κ3) is 1.31. The largest absolute Gasteiger partial charge is 0.302 e. The predicted molar refractivity (Wildman–Crippen MR) is 56.4 cm³/mol. The lowest BCUT2D eigenvalue weighted by molar-refractivity contribution is -0.119. The maximum atomic E-state index is 11.4. The summed E-state index contributed by atoms with van der Waals surface area (Å²) < 4.78 is 1.95. The molecule has 1 aromatic rings. The number of hydrogen-bond acceptors (Lipinski definition) is 2. The fourth-order valence-corrected chi connectivity index (χ4v) is 1.65. The third-order valence-electron chi connectivity index (χ3n) is 2.34. The molecule has 0 fully saturated rings. The van der Waals surface area contributed by atoms with Crippen molar-refractivity contribution in [1.29, 1.82) is 0 Å². The first-order chi connectivity index (χ1) is 6.63. The number of rotatable bonds is 0. The second kappa shape index (κ2) is 3.82. The molecule has 0 spiro atoms. The lowest BCUT2D eigenvalue weighted by Crippen LogP contribution is -2.23. The highest BCUT2D eigenvalue weighted by Crippen LogP contribution is 2.28. The Balaban J connectivity index is 0.000000461. The maximum Gasteiger partial charge on any atom is 0.251 e. The maximum absolute atomic E-state index is 11.4. The summed E-state index contributed by atoms with van der Waals surface area (Å²) in [5, 5.41) is 0. The molecule has 0 saturated carbocycles. The summed E-state index contributed by atoms with van der Waals surface area (Å²) in [7, 11) is 1.75. The van der Waals surface area contributed by atoms with Crippen LogP contribution in [0.5, 0.6) is 0 Å². The molecule has 1 unspecified atom stereocenters. The number of aromatic nitrogens is 2. The summed E-state index contributed by atoms with van der Waals surface area (Å²) in [6, 6.07) is -0.0903. The van der Waals surface area contributed by atoms with Gasteiger partial charge in [0, 0.05) is 12.7 Å². The molecule has 4 nitrogen and oxygen atoms in total. The molecule has 1 atom stereocenters. The van der Waals surface area contributed by atoms with E-state index < -0.39 is 0 Å². The number of anilines is 1. The highest BCUT2D eigenvalue weighted by Gasteiger charge is 2.33. The first-order valence-corrected chi connectivity index (χ1v) is 4.94. The number of hydrogen-bond donors (Lipinski definition) is 0. The molecule has 1 aliphatic heterocycles. The average molecular weight is 195 g/mol. The van der Waals surface area contributed by atoms with Crippen LogP contribution in [0.25, 0.3) is 0 Å². The molecule has 0 bridgehead atoms. The normalized spacial score (nSPS) is 19.1. The van der Waals surface area contributed by atoms with E-state index in [1.807, 2.05) is 32.3 Å². The first kappa shape index (κ1) is 10.8. The van der Waals surface area contributed by atoms with Gasteiger partial charge in [0.15, 0.2) is 0 Å². The van der Waals surface area contributed by atoms with Gasteiger partial charge in [0.2, 0.25) is 5.95 Å². The van der Waals surface area contributed by atoms with Crippen molar-refractivity contribution >= 4 is 11.9 Å². The van der Waals surface area contributed by atoms with Gasteiger partial charge in [0.05, 0.1) is 6.20 Å². The number of imidazole rings is 1. The van der Waals surface area contributed by atoms with Crippen LogP contribution in [0.3, 0.4) is 0 Å². The second-order valence-corrected chi connectivity index (χ2v) is 3.14. The molecule has 2 heterocycles. The lowest BCUT2D eigenvalue weighted by Gasteiger charge is -2.05. The molecular weight excluding hydrogens is 178 g/mol. The van der Waals surface area contributed by atoms with E-state index in [1.54, 1.807) is 18.1 Å². The van der Waals surface area contributed by atoms with Gasteiger partial charge in [-0.3, -0.25) is 9.69 Å². The highest BCUT2D eigenvalue weighted by molar-refractivity contribution is 5.97. The number of likely N-dealkylation sites (N-methyl/N-ethyl adjacent to an activating group) is 1. The van der Waals surface area contributed by atoms with E-state index in [1.165, 1.54) is 0 Å². The molecule has 0 aromatic carbocycles. The van der Waals surface area contributed by atoms with Crippen molar-refractivity contribution in [2.75, 3.05) is 11.9 Å². The number of carbonyl (C=O) groups is 1. The van der Waals surface area contributed by atoms with Crippen LogP contribution < -0.4 is 4.90 Å².